The molecule has 5 nitrogen and oxygen atoms in total. The van der Waals surface area contributed by atoms with Gasteiger partial charge >= 0.3 is 0 Å². The van der Waals surface area contributed by atoms with Crippen molar-refractivity contribution < 1.29 is 19.4 Å². The minimum Gasteiger partial charge on any atom is -0.508 e. The van der Waals surface area contributed by atoms with Crippen LogP contribution in [0, 0.1) is 0 Å². The minimum absolute atomic E-state index is 0.0119. The highest BCUT2D eigenvalue weighted by Crippen LogP contribution is 2.36. The number of hydrogen-bond donors (Lipinski definition) is 1. The van der Waals surface area contributed by atoms with Crippen molar-refractivity contribution in [2.24, 2.45) is 5.16 Å². The molecular weight excluding hydrogens is 341 g/mol. The van der Waals surface area contributed by atoms with E-state index in [0.717, 1.165) is 12.8 Å². The summed E-state index contributed by atoms with van der Waals surface area (Å²) >= 11 is 11.9. The maximum absolute atomic E-state index is 9.33. The number of benzene rings is 1. The number of unbranched alkanes of at least 4 members (excludes halogenated alkanes) is 1. The Hall–Kier alpha value is -1.17. The molecule has 0 radical (unpaired) electrons. The Balaban J connectivity index is 2.10. The van der Waals surface area contributed by atoms with Crippen LogP contribution in [0.2, 0.25) is 10.0 Å². The third kappa shape index (κ3) is 8.89. The summed E-state index contributed by atoms with van der Waals surface area (Å²) < 4.78 is 10.9. The van der Waals surface area contributed by atoms with E-state index in [2.05, 4.69) is 5.16 Å². The molecule has 1 aromatic carbocycles. The molecule has 0 bridgehead atoms. The number of halogens is 2. The van der Waals surface area contributed by atoms with Crippen LogP contribution >= 0.6 is 23.2 Å². The maximum Gasteiger partial charge on any atom is 0.156 e. The monoisotopic (exact) mass is 363 g/mol. The summed E-state index contributed by atoms with van der Waals surface area (Å²) in [7, 11) is 0. The standard InChI is InChI=1S/C16H23Cl2NO4/c1-16(2,3)23-19-6-9-21-7-4-5-8-22-15-13(17)10-12(20)11-14(15)18/h6,10-11,20H,4-5,7-9H2,1-3H3/b19-6+. The minimum atomic E-state index is -0.287. The van der Waals surface area contributed by atoms with Crippen LogP contribution < -0.4 is 4.74 Å². The number of ether oxygens (including phenoxy) is 2. The number of rotatable bonds is 9. The summed E-state index contributed by atoms with van der Waals surface area (Å²) in [6, 6.07) is 2.79. The zero-order valence-electron chi connectivity index (χ0n) is 13.6. The molecule has 0 unspecified atom stereocenters. The molecule has 0 amide bonds. The molecule has 0 aliphatic rings. The number of hydrogen-bond acceptors (Lipinski definition) is 5. The van der Waals surface area contributed by atoms with Gasteiger partial charge in [0.1, 0.15) is 11.4 Å². The first kappa shape index (κ1) is 19.9. The van der Waals surface area contributed by atoms with E-state index in [1.54, 1.807) is 6.21 Å². The summed E-state index contributed by atoms with van der Waals surface area (Å²) in [5.74, 6) is 0.399. The lowest BCUT2D eigenvalue weighted by Crippen LogP contribution is -2.15. The van der Waals surface area contributed by atoms with Gasteiger partial charge in [-0.25, -0.2) is 0 Å². The van der Waals surface area contributed by atoms with Gasteiger partial charge < -0.3 is 19.4 Å². The molecule has 0 saturated heterocycles. The fraction of sp³-hybridized carbons (Fsp3) is 0.562. The van der Waals surface area contributed by atoms with Crippen molar-refractivity contribution >= 4 is 29.4 Å². The van der Waals surface area contributed by atoms with Crippen molar-refractivity contribution in [3.8, 4) is 11.5 Å². The predicted octanol–water partition coefficient (Wildman–Crippen LogP) is 4.68. The Bertz CT molecular complexity index is 492. The summed E-state index contributed by atoms with van der Waals surface area (Å²) in [6.07, 6.45) is 3.22. The largest absolute Gasteiger partial charge is 0.508 e. The Morgan fingerprint density at radius 3 is 2.35 bits per heavy atom. The fourth-order valence-corrected chi connectivity index (χ4v) is 2.11. The highest BCUT2D eigenvalue weighted by Gasteiger charge is 2.09. The van der Waals surface area contributed by atoms with Crippen molar-refractivity contribution in [1.29, 1.82) is 0 Å². The van der Waals surface area contributed by atoms with Gasteiger partial charge in [-0.3, -0.25) is 0 Å². The van der Waals surface area contributed by atoms with Gasteiger partial charge in [0.25, 0.3) is 0 Å². The molecule has 0 spiro atoms. The molecule has 0 saturated carbocycles. The average Bonchev–Trinajstić information content (AvgIpc) is 2.41. The third-order valence-electron chi connectivity index (χ3n) is 2.51. The molecule has 1 rings (SSSR count). The molecule has 0 aromatic heterocycles. The van der Waals surface area contributed by atoms with E-state index in [0.29, 0.717) is 35.6 Å². The van der Waals surface area contributed by atoms with Crippen molar-refractivity contribution in [3.63, 3.8) is 0 Å². The van der Waals surface area contributed by atoms with Crippen LogP contribution in [0.1, 0.15) is 33.6 Å². The van der Waals surface area contributed by atoms with E-state index in [-0.39, 0.29) is 11.4 Å². The van der Waals surface area contributed by atoms with Crippen LogP contribution in [0.15, 0.2) is 17.3 Å². The van der Waals surface area contributed by atoms with Crippen molar-refractivity contribution in [3.05, 3.63) is 22.2 Å². The van der Waals surface area contributed by atoms with Crippen LogP contribution in [0.3, 0.4) is 0 Å². The number of aromatic hydroxyl groups is 1. The van der Waals surface area contributed by atoms with Crippen LogP contribution in [0.4, 0.5) is 0 Å². The van der Waals surface area contributed by atoms with Gasteiger partial charge in [0.05, 0.1) is 29.5 Å². The van der Waals surface area contributed by atoms with E-state index < -0.39 is 0 Å². The Kier molecular flexibility index (Phi) is 8.52. The Labute approximate surface area is 147 Å². The molecule has 0 aliphatic heterocycles. The lowest BCUT2D eigenvalue weighted by molar-refractivity contribution is 0.000659. The molecule has 0 heterocycles. The number of oxime groups is 1. The van der Waals surface area contributed by atoms with Gasteiger partial charge in [-0.05, 0) is 33.6 Å². The second kappa shape index (κ2) is 9.85. The number of nitrogens with zero attached hydrogens (tertiary/aromatic N) is 1. The summed E-state index contributed by atoms with van der Waals surface area (Å²) in [5, 5.41) is 13.7. The van der Waals surface area contributed by atoms with Crippen molar-refractivity contribution in [2.45, 2.75) is 39.2 Å². The van der Waals surface area contributed by atoms with Crippen LogP contribution in [0.25, 0.3) is 0 Å². The highest BCUT2D eigenvalue weighted by atomic mass is 35.5. The first-order valence-electron chi connectivity index (χ1n) is 7.38. The van der Waals surface area contributed by atoms with E-state index >= 15 is 0 Å². The molecular formula is C16H23Cl2NO4. The summed E-state index contributed by atoms with van der Waals surface area (Å²) in [5.41, 5.74) is -0.287. The Morgan fingerprint density at radius 2 is 1.74 bits per heavy atom. The molecule has 0 aliphatic carbocycles. The SMILES string of the molecule is CC(C)(C)O/N=C/COCCCCOc1c(Cl)cc(O)cc1Cl. The normalized spacial score (nSPS) is 11.9. The van der Waals surface area contributed by atoms with Crippen LogP contribution in [-0.2, 0) is 9.57 Å². The predicted molar refractivity (Wildman–Crippen MR) is 93.0 cm³/mol. The lowest BCUT2D eigenvalue weighted by atomic mass is 10.2. The van der Waals surface area contributed by atoms with E-state index in [4.69, 9.17) is 37.5 Å². The second-order valence-electron chi connectivity index (χ2n) is 5.86. The van der Waals surface area contributed by atoms with Gasteiger partial charge in [0.2, 0.25) is 0 Å². The van der Waals surface area contributed by atoms with Crippen LogP contribution in [-0.4, -0.2) is 36.7 Å². The van der Waals surface area contributed by atoms with Gasteiger partial charge in [-0.2, -0.15) is 0 Å². The van der Waals surface area contributed by atoms with Gasteiger partial charge in [0.15, 0.2) is 5.75 Å². The van der Waals surface area contributed by atoms with Crippen molar-refractivity contribution in [2.75, 3.05) is 19.8 Å². The molecule has 1 aromatic rings. The number of phenolic OH excluding ortho intramolecular Hbond substituents is 1. The average molecular weight is 364 g/mol. The zero-order chi connectivity index (χ0) is 17.3. The summed E-state index contributed by atoms with van der Waals surface area (Å²) in [6.45, 7) is 7.26. The van der Waals surface area contributed by atoms with E-state index in [1.807, 2.05) is 20.8 Å². The molecule has 1 N–H and O–H groups in total. The molecule has 7 heteroatoms. The van der Waals surface area contributed by atoms with Gasteiger partial charge in [-0.1, -0.05) is 28.4 Å². The number of phenols is 1. The zero-order valence-corrected chi connectivity index (χ0v) is 15.2. The quantitative estimate of drug-likeness (QED) is 0.393. The van der Waals surface area contributed by atoms with E-state index in [9.17, 15) is 5.11 Å². The van der Waals surface area contributed by atoms with E-state index in [1.165, 1.54) is 12.1 Å². The van der Waals surface area contributed by atoms with Crippen LogP contribution in [0.5, 0.6) is 11.5 Å². The maximum atomic E-state index is 9.33. The summed E-state index contributed by atoms with van der Waals surface area (Å²) in [4.78, 5) is 5.18. The van der Waals surface area contributed by atoms with Gasteiger partial charge in [0, 0.05) is 18.7 Å². The molecule has 0 atom stereocenters. The second-order valence-corrected chi connectivity index (χ2v) is 6.68. The topological polar surface area (TPSA) is 60.3 Å². The Morgan fingerprint density at radius 1 is 1.13 bits per heavy atom. The third-order valence-corrected chi connectivity index (χ3v) is 3.07. The first-order chi connectivity index (χ1) is 10.8. The van der Waals surface area contributed by atoms with Gasteiger partial charge in [-0.15, -0.1) is 0 Å². The fourth-order valence-electron chi connectivity index (χ4n) is 1.53. The first-order valence-corrected chi connectivity index (χ1v) is 8.14. The van der Waals surface area contributed by atoms with Crippen molar-refractivity contribution in [1.82, 2.24) is 0 Å². The molecule has 23 heavy (non-hydrogen) atoms. The molecule has 0 fully saturated rings. The highest BCUT2D eigenvalue weighted by molar-refractivity contribution is 6.37. The smallest absolute Gasteiger partial charge is 0.156 e. The lowest BCUT2D eigenvalue weighted by Gasteiger charge is -2.14. The molecule has 130 valence electrons.